The first-order valence-corrected chi connectivity index (χ1v) is 14.0. The highest BCUT2D eigenvalue weighted by atomic mass is 32.2. The number of amides is 2. The van der Waals surface area contributed by atoms with Crippen LogP contribution in [-0.4, -0.2) is 79.4 Å². The Morgan fingerprint density at radius 3 is 2.38 bits per heavy atom. The highest BCUT2D eigenvalue weighted by molar-refractivity contribution is 7.88. The van der Waals surface area contributed by atoms with Crippen LogP contribution in [0.25, 0.3) is 0 Å². The first-order chi connectivity index (χ1) is 16.0. The van der Waals surface area contributed by atoms with E-state index in [1.807, 2.05) is 11.8 Å². The van der Waals surface area contributed by atoms with Gasteiger partial charge in [0.2, 0.25) is 21.8 Å². The van der Waals surface area contributed by atoms with Crippen molar-refractivity contribution in [1.29, 1.82) is 0 Å². The standard InChI is InChI=1S/C24H35FN4O4S/c1-16-12-27(8-9-29(16)24(31)18-6-4-5-7-18)13-19-10-21(25)11-22(17(19)2)26-23(30)20-14-28(15-20)34(3,32)33/h10-11,16,18,20H,4-9,12-15H2,1-3H3,(H,26,30)/t16-/m0/s1. The smallest absolute Gasteiger partial charge is 0.230 e. The lowest BCUT2D eigenvalue weighted by molar-refractivity contribution is -0.140. The number of hydrogen-bond acceptors (Lipinski definition) is 5. The molecule has 1 saturated carbocycles. The molecule has 188 valence electrons. The van der Waals surface area contributed by atoms with Crippen molar-refractivity contribution in [2.45, 2.75) is 52.1 Å². The van der Waals surface area contributed by atoms with E-state index in [-0.39, 0.29) is 36.9 Å². The summed E-state index contributed by atoms with van der Waals surface area (Å²) in [7, 11) is -3.30. The number of carbonyl (C=O) groups excluding carboxylic acids is 2. The number of sulfonamides is 1. The molecule has 1 N–H and O–H groups in total. The highest BCUT2D eigenvalue weighted by Gasteiger charge is 2.38. The number of nitrogens with zero attached hydrogens (tertiary/aromatic N) is 3. The normalized spacial score (nSPS) is 23.2. The van der Waals surface area contributed by atoms with E-state index < -0.39 is 21.8 Å². The van der Waals surface area contributed by atoms with Crippen molar-refractivity contribution < 1.29 is 22.4 Å². The lowest BCUT2D eigenvalue weighted by Gasteiger charge is -2.41. The van der Waals surface area contributed by atoms with E-state index >= 15 is 0 Å². The van der Waals surface area contributed by atoms with Gasteiger partial charge in [-0.3, -0.25) is 14.5 Å². The summed E-state index contributed by atoms with van der Waals surface area (Å²) in [6.45, 7) is 6.88. The second-order valence-corrected chi connectivity index (χ2v) is 12.1. The maximum Gasteiger partial charge on any atom is 0.230 e. The topological polar surface area (TPSA) is 90.0 Å². The van der Waals surface area contributed by atoms with E-state index in [0.29, 0.717) is 18.8 Å². The molecule has 34 heavy (non-hydrogen) atoms. The molecule has 4 rings (SSSR count). The molecule has 1 aromatic carbocycles. The summed E-state index contributed by atoms with van der Waals surface area (Å²) < 4.78 is 38.8. The van der Waals surface area contributed by atoms with E-state index in [2.05, 4.69) is 17.1 Å². The van der Waals surface area contributed by atoms with Gasteiger partial charge in [-0.2, -0.15) is 0 Å². The van der Waals surface area contributed by atoms with Crippen molar-refractivity contribution in [3.05, 3.63) is 29.1 Å². The van der Waals surface area contributed by atoms with Crippen LogP contribution in [0.4, 0.5) is 10.1 Å². The van der Waals surface area contributed by atoms with Gasteiger partial charge >= 0.3 is 0 Å². The van der Waals surface area contributed by atoms with Crippen molar-refractivity contribution in [2.24, 2.45) is 11.8 Å². The Hall–Kier alpha value is -2.04. The molecule has 0 aromatic heterocycles. The van der Waals surface area contributed by atoms with E-state index in [1.165, 1.54) is 16.4 Å². The summed E-state index contributed by atoms with van der Waals surface area (Å²) in [5, 5.41) is 2.79. The Morgan fingerprint density at radius 1 is 1.09 bits per heavy atom. The number of nitrogens with one attached hydrogen (secondary N) is 1. The zero-order valence-corrected chi connectivity index (χ0v) is 21.0. The first-order valence-electron chi connectivity index (χ1n) is 12.1. The molecule has 3 aliphatic rings. The van der Waals surface area contributed by atoms with Crippen LogP contribution in [-0.2, 0) is 26.2 Å². The molecule has 0 radical (unpaired) electrons. The lowest BCUT2D eigenvalue weighted by atomic mass is 10.0. The monoisotopic (exact) mass is 494 g/mol. The van der Waals surface area contributed by atoms with E-state index in [4.69, 9.17) is 0 Å². The minimum Gasteiger partial charge on any atom is -0.337 e. The van der Waals surface area contributed by atoms with Crippen LogP contribution in [0.1, 0.15) is 43.7 Å². The third-order valence-electron chi connectivity index (χ3n) is 7.52. The number of carbonyl (C=O) groups is 2. The van der Waals surface area contributed by atoms with Crippen LogP contribution in [0, 0.1) is 24.6 Å². The van der Waals surface area contributed by atoms with Crippen molar-refractivity contribution in [1.82, 2.24) is 14.1 Å². The number of hydrogen-bond donors (Lipinski definition) is 1. The van der Waals surface area contributed by atoms with Gasteiger partial charge in [0.1, 0.15) is 5.82 Å². The Labute approximate surface area is 201 Å². The molecule has 1 aromatic rings. The molecule has 1 aliphatic carbocycles. The van der Waals surface area contributed by atoms with Gasteiger partial charge in [0, 0.05) is 56.9 Å². The van der Waals surface area contributed by atoms with Gasteiger partial charge in [-0.15, -0.1) is 0 Å². The second-order valence-electron chi connectivity index (χ2n) is 10.1. The number of halogens is 1. The first kappa shape index (κ1) is 25.1. The third-order valence-corrected chi connectivity index (χ3v) is 8.75. The second kappa shape index (κ2) is 9.91. The molecular weight excluding hydrogens is 459 g/mol. The average Bonchev–Trinajstić information content (AvgIpc) is 3.24. The summed E-state index contributed by atoms with van der Waals surface area (Å²) in [5.41, 5.74) is 2.01. The van der Waals surface area contributed by atoms with Gasteiger partial charge in [0.05, 0.1) is 12.2 Å². The van der Waals surface area contributed by atoms with E-state index in [9.17, 15) is 22.4 Å². The Balaban J connectivity index is 1.37. The molecule has 0 spiro atoms. The SMILES string of the molecule is Cc1c(CN2CCN(C(=O)C3CCCC3)[C@@H](C)C2)cc(F)cc1NC(=O)C1CN(S(C)(=O)=O)C1. The minimum atomic E-state index is -3.30. The predicted octanol–water partition coefficient (Wildman–Crippen LogP) is 2.19. The molecule has 8 nitrogen and oxygen atoms in total. The molecule has 0 unspecified atom stereocenters. The van der Waals surface area contributed by atoms with Gasteiger partial charge in [0.25, 0.3) is 0 Å². The molecule has 10 heteroatoms. The average molecular weight is 495 g/mol. The molecule has 2 amide bonds. The molecule has 2 aliphatic heterocycles. The van der Waals surface area contributed by atoms with Crippen LogP contribution in [0.2, 0.25) is 0 Å². The summed E-state index contributed by atoms with van der Waals surface area (Å²) in [6, 6.07) is 2.91. The number of anilines is 1. The van der Waals surface area contributed by atoms with Crippen molar-refractivity contribution >= 4 is 27.5 Å². The van der Waals surface area contributed by atoms with Crippen LogP contribution in [0.3, 0.4) is 0 Å². The van der Waals surface area contributed by atoms with E-state index in [0.717, 1.165) is 56.2 Å². The Kier molecular flexibility index (Phi) is 7.30. The largest absolute Gasteiger partial charge is 0.337 e. The molecular formula is C24H35FN4O4S. The number of rotatable bonds is 6. The fourth-order valence-electron chi connectivity index (χ4n) is 5.29. The summed E-state index contributed by atoms with van der Waals surface area (Å²) >= 11 is 0. The van der Waals surface area contributed by atoms with Crippen LogP contribution >= 0.6 is 0 Å². The Morgan fingerprint density at radius 2 is 1.76 bits per heavy atom. The Bertz CT molecular complexity index is 1050. The van der Waals surface area contributed by atoms with Gasteiger partial charge < -0.3 is 10.2 Å². The number of piperazine rings is 1. The molecule has 1 atom stereocenters. The van der Waals surface area contributed by atoms with Gasteiger partial charge in [-0.25, -0.2) is 17.1 Å². The van der Waals surface area contributed by atoms with Gasteiger partial charge in [-0.05, 0) is 49.9 Å². The fraction of sp³-hybridized carbons (Fsp3) is 0.667. The molecule has 2 heterocycles. The van der Waals surface area contributed by atoms with Crippen molar-refractivity contribution in [3.8, 4) is 0 Å². The fourth-order valence-corrected chi connectivity index (χ4v) is 6.19. The minimum absolute atomic E-state index is 0.103. The van der Waals surface area contributed by atoms with Gasteiger partial charge in [-0.1, -0.05) is 12.8 Å². The molecule has 2 saturated heterocycles. The summed E-state index contributed by atoms with van der Waals surface area (Å²) in [6.07, 6.45) is 5.39. The quantitative estimate of drug-likeness (QED) is 0.655. The van der Waals surface area contributed by atoms with Crippen LogP contribution in [0.5, 0.6) is 0 Å². The van der Waals surface area contributed by atoms with Crippen LogP contribution < -0.4 is 5.32 Å². The molecule has 0 bridgehead atoms. The summed E-state index contributed by atoms with van der Waals surface area (Å²) in [4.78, 5) is 29.7. The van der Waals surface area contributed by atoms with Crippen LogP contribution in [0.15, 0.2) is 12.1 Å². The zero-order valence-electron chi connectivity index (χ0n) is 20.2. The maximum absolute atomic E-state index is 14.4. The summed E-state index contributed by atoms with van der Waals surface area (Å²) in [5.74, 6) is -0.711. The van der Waals surface area contributed by atoms with Gasteiger partial charge in [0.15, 0.2) is 0 Å². The third kappa shape index (κ3) is 5.44. The van der Waals surface area contributed by atoms with E-state index in [1.54, 1.807) is 0 Å². The van der Waals surface area contributed by atoms with Crippen molar-refractivity contribution in [3.63, 3.8) is 0 Å². The maximum atomic E-state index is 14.4. The van der Waals surface area contributed by atoms with Crippen molar-refractivity contribution in [2.75, 3.05) is 44.3 Å². The zero-order chi connectivity index (χ0) is 24.6. The molecule has 3 fully saturated rings. The lowest BCUT2D eigenvalue weighted by Crippen LogP contribution is -2.54. The number of benzene rings is 1. The predicted molar refractivity (Wildman–Crippen MR) is 128 cm³/mol. The highest BCUT2D eigenvalue weighted by Crippen LogP contribution is 2.29.